The van der Waals surface area contributed by atoms with Crippen molar-refractivity contribution in [3.63, 3.8) is 0 Å². The third-order valence-corrected chi connectivity index (χ3v) is 8.26. The van der Waals surface area contributed by atoms with Crippen molar-refractivity contribution in [2.45, 2.75) is 9.79 Å². The number of sulfone groups is 2. The molecule has 0 saturated carbocycles. The Morgan fingerprint density at radius 1 is 0.828 bits per heavy atom. The van der Waals surface area contributed by atoms with Crippen LogP contribution in [-0.4, -0.2) is 21.8 Å². The van der Waals surface area contributed by atoms with Gasteiger partial charge in [0.05, 0.1) is 15.4 Å². The zero-order chi connectivity index (χ0) is 20.9. The van der Waals surface area contributed by atoms with Gasteiger partial charge in [0.15, 0.2) is 4.24 Å². The number of rotatable bonds is 6. The Balaban J connectivity index is 2.12. The van der Waals surface area contributed by atoms with Crippen molar-refractivity contribution < 1.29 is 16.8 Å². The Bertz CT molecular complexity index is 1210. The number of pyridine rings is 1. The Morgan fingerprint density at radius 2 is 1.34 bits per heavy atom. The summed E-state index contributed by atoms with van der Waals surface area (Å²) in [5.74, 6) is 0.188. The Labute approximate surface area is 168 Å². The van der Waals surface area contributed by atoms with E-state index in [4.69, 9.17) is 5.26 Å². The Morgan fingerprint density at radius 3 is 1.76 bits per heavy atom. The summed E-state index contributed by atoms with van der Waals surface area (Å²) in [6.07, 6.45) is 2.19. The van der Waals surface area contributed by atoms with Crippen molar-refractivity contribution in [2.75, 3.05) is 5.32 Å². The van der Waals surface area contributed by atoms with Gasteiger partial charge in [0.1, 0.15) is 11.9 Å². The van der Waals surface area contributed by atoms with E-state index >= 15 is 0 Å². The van der Waals surface area contributed by atoms with Gasteiger partial charge in [-0.05, 0) is 36.4 Å². The highest BCUT2D eigenvalue weighted by Gasteiger charge is 2.33. The van der Waals surface area contributed by atoms with Crippen LogP contribution in [0.4, 0.5) is 5.82 Å². The number of aromatic nitrogens is 1. The molecule has 9 heteroatoms. The monoisotopic (exact) mass is 425 g/mol. The van der Waals surface area contributed by atoms with Gasteiger partial charge in [-0.1, -0.05) is 36.4 Å². The standard InChI is InChI=1S/C20H15N3O4S2/c21-13-16-11-12-19(22-14-16)23-15-20(28(24,25)17-7-3-1-4-8-17)29(26,27)18-9-5-2-6-10-18/h1-12,14-15H,(H,22,23). The van der Waals surface area contributed by atoms with Gasteiger partial charge >= 0.3 is 0 Å². The molecule has 0 bridgehead atoms. The molecule has 0 fully saturated rings. The van der Waals surface area contributed by atoms with E-state index in [9.17, 15) is 16.8 Å². The van der Waals surface area contributed by atoms with Gasteiger partial charge in [-0.3, -0.25) is 0 Å². The van der Waals surface area contributed by atoms with Crippen LogP contribution in [0.3, 0.4) is 0 Å². The lowest BCUT2D eigenvalue weighted by Gasteiger charge is -2.11. The predicted molar refractivity (Wildman–Crippen MR) is 108 cm³/mol. The molecule has 0 unspecified atom stereocenters. The average molecular weight is 425 g/mol. The quantitative estimate of drug-likeness (QED) is 0.645. The van der Waals surface area contributed by atoms with Crippen molar-refractivity contribution in [1.29, 1.82) is 5.26 Å². The second-order valence-electron chi connectivity index (χ2n) is 5.78. The largest absolute Gasteiger partial charge is 0.345 e. The van der Waals surface area contributed by atoms with Crippen molar-refractivity contribution in [1.82, 2.24) is 4.98 Å². The highest BCUT2D eigenvalue weighted by molar-refractivity contribution is 8.14. The molecule has 2 aromatic carbocycles. The fourth-order valence-corrected chi connectivity index (χ4v) is 6.07. The lowest BCUT2D eigenvalue weighted by Crippen LogP contribution is -2.16. The van der Waals surface area contributed by atoms with E-state index in [1.54, 1.807) is 12.1 Å². The molecule has 0 radical (unpaired) electrons. The van der Waals surface area contributed by atoms with Crippen LogP contribution in [0, 0.1) is 11.3 Å². The van der Waals surface area contributed by atoms with Crippen LogP contribution in [0.15, 0.2) is 99.2 Å². The molecule has 0 amide bonds. The van der Waals surface area contributed by atoms with Gasteiger partial charge < -0.3 is 5.32 Å². The van der Waals surface area contributed by atoms with Crippen LogP contribution in [0.5, 0.6) is 0 Å². The zero-order valence-corrected chi connectivity index (χ0v) is 16.6. The summed E-state index contributed by atoms with van der Waals surface area (Å²) in [6.45, 7) is 0. The van der Waals surface area contributed by atoms with E-state index in [0.29, 0.717) is 5.56 Å². The Kier molecular flexibility index (Phi) is 5.77. The minimum atomic E-state index is -4.36. The molecule has 146 valence electrons. The van der Waals surface area contributed by atoms with Gasteiger partial charge in [0.25, 0.3) is 0 Å². The molecule has 0 saturated heterocycles. The second kappa shape index (κ2) is 8.26. The van der Waals surface area contributed by atoms with Crippen molar-refractivity contribution in [2.24, 2.45) is 0 Å². The molecule has 1 N–H and O–H groups in total. The maximum Gasteiger partial charge on any atom is 0.219 e. The molecular formula is C20H15N3O4S2. The van der Waals surface area contributed by atoms with E-state index in [0.717, 1.165) is 6.20 Å². The van der Waals surface area contributed by atoms with Crippen LogP contribution < -0.4 is 5.32 Å². The average Bonchev–Trinajstić information content (AvgIpc) is 2.75. The smallest absolute Gasteiger partial charge is 0.219 e. The summed E-state index contributed by atoms with van der Waals surface area (Å²) in [6, 6.07) is 19.4. The maximum atomic E-state index is 13.1. The molecule has 0 atom stereocenters. The van der Waals surface area contributed by atoms with Gasteiger partial charge in [-0.25, -0.2) is 21.8 Å². The third kappa shape index (κ3) is 4.34. The first-order valence-corrected chi connectivity index (χ1v) is 11.3. The third-order valence-electron chi connectivity index (χ3n) is 3.87. The zero-order valence-electron chi connectivity index (χ0n) is 14.9. The van der Waals surface area contributed by atoms with E-state index in [2.05, 4.69) is 10.3 Å². The highest BCUT2D eigenvalue weighted by atomic mass is 32.3. The molecule has 3 rings (SSSR count). The summed E-state index contributed by atoms with van der Waals surface area (Å²) in [7, 11) is -8.72. The number of nitrogens with one attached hydrogen (secondary N) is 1. The highest BCUT2D eigenvalue weighted by Crippen LogP contribution is 2.29. The van der Waals surface area contributed by atoms with E-state index in [1.807, 2.05) is 6.07 Å². The molecule has 0 aliphatic heterocycles. The van der Waals surface area contributed by atoms with Gasteiger partial charge in [-0.15, -0.1) is 0 Å². The van der Waals surface area contributed by atoms with Crippen molar-refractivity contribution >= 4 is 25.5 Å². The van der Waals surface area contributed by atoms with Crippen LogP contribution in [0.2, 0.25) is 0 Å². The number of nitrogens with zero attached hydrogens (tertiary/aromatic N) is 2. The number of hydrogen-bond acceptors (Lipinski definition) is 7. The normalized spacial score (nSPS) is 11.3. The fraction of sp³-hybridized carbons (Fsp3) is 0. The molecule has 0 aliphatic rings. The van der Waals surface area contributed by atoms with E-state index in [-0.39, 0.29) is 15.6 Å². The first-order valence-electron chi connectivity index (χ1n) is 8.29. The molecular weight excluding hydrogens is 410 g/mol. The number of nitriles is 1. The molecule has 0 spiro atoms. The number of hydrogen-bond donors (Lipinski definition) is 1. The molecule has 0 aliphatic carbocycles. The summed E-state index contributed by atoms with van der Waals surface area (Å²) in [5, 5.41) is 11.4. The molecule has 3 aromatic rings. The Hall–Kier alpha value is -3.48. The van der Waals surface area contributed by atoms with Gasteiger partial charge in [0, 0.05) is 12.4 Å². The van der Waals surface area contributed by atoms with E-state index < -0.39 is 23.9 Å². The SMILES string of the molecule is N#Cc1ccc(NC=C(S(=O)(=O)c2ccccc2)S(=O)(=O)c2ccccc2)nc1. The van der Waals surface area contributed by atoms with Crippen molar-refractivity contribution in [3.05, 3.63) is 95.0 Å². The lowest BCUT2D eigenvalue weighted by molar-refractivity contribution is 0.595. The van der Waals surface area contributed by atoms with Crippen LogP contribution in [0.25, 0.3) is 0 Å². The van der Waals surface area contributed by atoms with Crippen LogP contribution in [-0.2, 0) is 19.7 Å². The summed E-state index contributed by atoms with van der Waals surface area (Å²) >= 11 is 0. The molecule has 1 aromatic heterocycles. The minimum Gasteiger partial charge on any atom is -0.345 e. The summed E-state index contributed by atoms with van der Waals surface area (Å²) in [5.41, 5.74) is 0.313. The first-order chi connectivity index (χ1) is 13.9. The molecule has 1 heterocycles. The number of anilines is 1. The second-order valence-corrected chi connectivity index (χ2v) is 9.88. The molecule has 29 heavy (non-hydrogen) atoms. The van der Waals surface area contributed by atoms with Gasteiger partial charge in [-0.2, -0.15) is 5.26 Å². The number of benzene rings is 2. The van der Waals surface area contributed by atoms with Crippen molar-refractivity contribution in [3.8, 4) is 6.07 Å². The lowest BCUT2D eigenvalue weighted by atomic mass is 10.3. The molecule has 7 nitrogen and oxygen atoms in total. The van der Waals surface area contributed by atoms with Gasteiger partial charge in [0.2, 0.25) is 19.7 Å². The minimum absolute atomic E-state index is 0.152. The topological polar surface area (TPSA) is 117 Å². The van der Waals surface area contributed by atoms with Crippen LogP contribution >= 0.6 is 0 Å². The maximum absolute atomic E-state index is 13.1. The van der Waals surface area contributed by atoms with Crippen LogP contribution in [0.1, 0.15) is 5.56 Å². The van der Waals surface area contributed by atoms with E-state index in [1.165, 1.54) is 66.9 Å². The summed E-state index contributed by atoms with van der Waals surface area (Å²) < 4.78 is 51.7. The predicted octanol–water partition coefficient (Wildman–Crippen LogP) is 3.11. The summed E-state index contributed by atoms with van der Waals surface area (Å²) in [4.78, 5) is 3.66. The first kappa shape index (κ1) is 20.3. The fourth-order valence-electron chi connectivity index (χ4n) is 2.41.